The highest BCUT2D eigenvalue weighted by Crippen LogP contribution is 2.37. The molecule has 24 heavy (non-hydrogen) atoms. The standard InChI is InChI=1S/C14H14F3N3O4/c1-8(21)19-6-2-3-12(19)13(22)18-9-4-5-11(20(23)24)10(7-9)14(15,16)17/h4-5,7,12H,2-3,6H2,1H3,(H,18,22)/t12-/m0/s1. The Morgan fingerprint density at radius 2 is 2.04 bits per heavy atom. The molecule has 7 nitrogen and oxygen atoms in total. The predicted molar refractivity (Wildman–Crippen MR) is 77.1 cm³/mol. The highest BCUT2D eigenvalue weighted by molar-refractivity contribution is 5.97. The van der Waals surface area contributed by atoms with Gasteiger partial charge in [-0.15, -0.1) is 0 Å². The predicted octanol–water partition coefficient (Wildman–Crippen LogP) is 2.56. The molecule has 1 atom stereocenters. The van der Waals surface area contributed by atoms with E-state index in [1.165, 1.54) is 11.8 Å². The number of nitrogens with zero attached hydrogens (tertiary/aromatic N) is 2. The minimum Gasteiger partial charge on any atom is -0.331 e. The van der Waals surface area contributed by atoms with Crippen LogP contribution in [0, 0.1) is 10.1 Å². The van der Waals surface area contributed by atoms with Gasteiger partial charge in [-0.1, -0.05) is 0 Å². The third kappa shape index (κ3) is 3.63. The van der Waals surface area contributed by atoms with Gasteiger partial charge in [0.2, 0.25) is 11.8 Å². The molecular formula is C14H14F3N3O4. The summed E-state index contributed by atoms with van der Waals surface area (Å²) >= 11 is 0. The average molecular weight is 345 g/mol. The zero-order chi connectivity index (χ0) is 18.1. The van der Waals surface area contributed by atoms with Gasteiger partial charge >= 0.3 is 6.18 Å². The van der Waals surface area contributed by atoms with Gasteiger partial charge in [-0.25, -0.2) is 0 Å². The van der Waals surface area contributed by atoms with E-state index in [0.29, 0.717) is 31.5 Å². The number of amides is 2. The molecular weight excluding hydrogens is 331 g/mol. The van der Waals surface area contributed by atoms with Gasteiger partial charge in [0.05, 0.1) is 4.92 Å². The Morgan fingerprint density at radius 1 is 1.38 bits per heavy atom. The van der Waals surface area contributed by atoms with Crippen molar-refractivity contribution < 1.29 is 27.7 Å². The second kappa shape index (κ2) is 6.46. The molecule has 10 heteroatoms. The van der Waals surface area contributed by atoms with E-state index in [9.17, 15) is 32.9 Å². The molecule has 0 aliphatic carbocycles. The number of carbonyl (C=O) groups excluding carboxylic acids is 2. The number of rotatable bonds is 3. The number of alkyl halides is 3. The topological polar surface area (TPSA) is 92.6 Å². The van der Waals surface area contributed by atoms with Crippen LogP contribution in [0.5, 0.6) is 0 Å². The summed E-state index contributed by atoms with van der Waals surface area (Å²) < 4.78 is 38.8. The minimum atomic E-state index is -4.93. The maximum atomic E-state index is 12.9. The number of anilines is 1. The van der Waals surface area contributed by atoms with E-state index in [-0.39, 0.29) is 11.6 Å². The number of carbonyl (C=O) groups is 2. The van der Waals surface area contributed by atoms with Crippen LogP contribution < -0.4 is 5.32 Å². The molecule has 1 N–H and O–H groups in total. The maximum absolute atomic E-state index is 12.9. The molecule has 0 unspecified atom stereocenters. The van der Waals surface area contributed by atoms with Gasteiger partial charge in [-0.05, 0) is 25.0 Å². The van der Waals surface area contributed by atoms with E-state index in [2.05, 4.69) is 5.32 Å². The zero-order valence-electron chi connectivity index (χ0n) is 12.6. The fourth-order valence-electron chi connectivity index (χ4n) is 2.64. The Morgan fingerprint density at radius 3 is 2.58 bits per heavy atom. The minimum absolute atomic E-state index is 0.215. The molecule has 0 aromatic heterocycles. The van der Waals surface area contributed by atoms with Gasteiger partial charge < -0.3 is 10.2 Å². The Labute approximate surface area is 134 Å². The molecule has 1 fully saturated rings. The molecule has 130 valence electrons. The van der Waals surface area contributed by atoms with E-state index in [1.807, 2.05) is 0 Å². The van der Waals surface area contributed by atoms with Crippen molar-refractivity contribution in [2.24, 2.45) is 0 Å². The smallest absolute Gasteiger partial charge is 0.331 e. The molecule has 1 aromatic carbocycles. The van der Waals surface area contributed by atoms with Crippen molar-refractivity contribution in [3.8, 4) is 0 Å². The zero-order valence-corrected chi connectivity index (χ0v) is 12.6. The highest BCUT2D eigenvalue weighted by Gasteiger charge is 2.39. The first-order valence-electron chi connectivity index (χ1n) is 7.05. The Hall–Kier alpha value is -2.65. The number of nitrogens with one attached hydrogen (secondary N) is 1. The van der Waals surface area contributed by atoms with Crippen LogP contribution in [0.4, 0.5) is 24.5 Å². The van der Waals surface area contributed by atoms with Crippen LogP contribution in [0.25, 0.3) is 0 Å². The van der Waals surface area contributed by atoms with Crippen molar-refractivity contribution in [2.45, 2.75) is 32.0 Å². The van der Waals surface area contributed by atoms with Gasteiger partial charge in [0, 0.05) is 25.2 Å². The second-order valence-electron chi connectivity index (χ2n) is 5.35. The van der Waals surface area contributed by atoms with Crippen molar-refractivity contribution in [1.82, 2.24) is 4.90 Å². The molecule has 1 aliphatic heterocycles. The highest BCUT2D eigenvalue weighted by atomic mass is 19.4. The number of hydrogen-bond donors (Lipinski definition) is 1. The molecule has 1 aliphatic rings. The van der Waals surface area contributed by atoms with E-state index >= 15 is 0 Å². The lowest BCUT2D eigenvalue weighted by Crippen LogP contribution is -2.42. The first-order valence-corrected chi connectivity index (χ1v) is 7.05. The summed E-state index contributed by atoms with van der Waals surface area (Å²) in [5, 5.41) is 13.0. The van der Waals surface area contributed by atoms with Gasteiger partial charge in [0.1, 0.15) is 11.6 Å². The van der Waals surface area contributed by atoms with E-state index in [0.717, 1.165) is 6.07 Å². The van der Waals surface area contributed by atoms with E-state index in [1.54, 1.807) is 0 Å². The molecule has 0 spiro atoms. The molecule has 0 radical (unpaired) electrons. The summed E-state index contributed by atoms with van der Waals surface area (Å²) in [6, 6.07) is 1.48. The van der Waals surface area contributed by atoms with Crippen LogP contribution in [0.2, 0.25) is 0 Å². The number of hydrogen-bond acceptors (Lipinski definition) is 4. The third-order valence-corrected chi connectivity index (χ3v) is 3.73. The first kappa shape index (κ1) is 17.7. The Balaban J connectivity index is 2.25. The fourth-order valence-corrected chi connectivity index (χ4v) is 2.64. The number of likely N-dealkylation sites (tertiary alicyclic amines) is 1. The molecule has 0 bridgehead atoms. The van der Waals surface area contributed by atoms with Crippen molar-refractivity contribution in [2.75, 3.05) is 11.9 Å². The summed E-state index contributed by atoms with van der Waals surface area (Å²) in [5.41, 5.74) is -2.75. The number of nitro benzene ring substituents is 1. The SMILES string of the molecule is CC(=O)N1CCC[C@H]1C(=O)Nc1ccc([N+](=O)[O-])c(C(F)(F)F)c1. The van der Waals surface area contributed by atoms with Gasteiger partial charge in [0.25, 0.3) is 5.69 Å². The molecule has 0 saturated carbocycles. The normalized spacial score (nSPS) is 17.7. The van der Waals surface area contributed by atoms with E-state index in [4.69, 9.17) is 0 Å². The van der Waals surface area contributed by atoms with Crippen molar-refractivity contribution in [3.63, 3.8) is 0 Å². The summed E-state index contributed by atoms with van der Waals surface area (Å²) in [6.07, 6.45) is -3.90. The fraction of sp³-hybridized carbons (Fsp3) is 0.429. The Bertz CT molecular complexity index is 690. The molecule has 2 rings (SSSR count). The van der Waals surface area contributed by atoms with Crippen LogP contribution in [0.3, 0.4) is 0 Å². The molecule has 1 heterocycles. The maximum Gasteiger partial charge on any atom is 0.423 e. The molecule has 1 aromatic rings. The van der Waals surface area contributed by atoms with Crippen molar-refractivity contribution in [3.05, 3.63) is 33.9 Å². The van der Waals surface area contributed by atoms with Crippen LogP contribution in [-0.4, -0.2) is 34.2 Å². The van der Waals surface area contributed by atoms with Crippen LogP contribution >= 0.6 is 0 Å². The quantitative estimate of drug-likeness (QED) is 0.673. The van der Waals surface area contributed by atoms with Crippen LogP contribution in [0.15, 0.2) is 18.2 Å². The lowest BCUT2D eigenvalue weighted by atomic mass is 10.1. The molecule has 2 amide bonds. The molecule has 1 saturated heterocycles. The number of benzene rings is 1. The summed E-state index contributed by atoms with van der Waals surface area (Å²) in [6.45, 7) is 1.71. The van der Waals surface area contributed by atoms with Gasteiger partial charge in [-0.2, -0.15) is 13.2 Å². The number of halogens is 3. The van der Waals surface area contributed by atoms with Gasteiger partial charge in [-0.3, -0.25) is 19.7 Å². The second-order valence-corrected chi connectivity index (χ2v) is 5.35. The average Bonchev–Trinajstić information content (AvgIpc) is 2.95. The van der Waals surface area contributed by atoms with Crippen molar-refractivity contribution >= 4 is 23.2 Å². The summed E-state index contributed by atoms with van der Waals surface area (Å²) in [5.74, 6) is -0.919. The summed E-state index contributed by atoms with van der Waals surface area (Å²) in [7, 11) is 0. The Kier molecular flexibility index (Phi) is 4.76. The lowest BCUT2D eigenvalue weighted by Gasteiger charge is -2.22. The first-order chi connectivity index (χ1) is 11.1. The monoisotopic (exact) mass is 345 g/mol. The van der Waals surface area contributed by atoms with Crippen LogP contribution in [-0.2, 0) is 15.8 Å². The van der Waals surface area contributed by atoms with E-state index < -0.39 is 34.3 Å². The summed E-state index contributed by atoms with van der Waals surface area (Å²) in [4.78, 5) is 34.5. The lowest BCUT2D eigenvalue weighted by molar-refractivity contribution is -0.388. The number of nitro groups is 1. The van der Waals surface area contributed by atoms with Gasteiger partial charge in [0.15, 0.2) is 0 Å². The third-order valence-electron chi connectivity index (χ3n) is 3.73. The van der Waals surface area contributed by atoms with Crippen molar-refractivity contribution in [1.29, 1.82) is 0 Å². The van der Waals surface area contributed by atoms with Crippen LogP contribution in [0.1, 0.15) is 25.3 Å². The largest absolute Gasteiger partial charge is 0.423 e.